The van der Waals surface area contributed by atoms with Crippen LogP contribution in [0.1, 0.15) is 31.9 Å². The van der Waals surface area contributed by atoms with Crippen LogP contribution in [0.15, 0.2) is 30.5 Å². The summed E-state index contributed by atoms with van der Waals surface area (Å²) in [4.78, 5) is 15.8. The van der Waals surface area contributed by atoms with Gasteiger partial charge in [-0.25, -0.2) is 4.98 Å². The molecule has 3 rings (SSSR count). The molecule has 0 saturated heterocycles. The molecule has 1 aromatic carbocycles. The third kappa shape index (κ3) is 4.14. The minimum atomic E-state index is -1.85. The highest BCUT2D eigenvalue weighted by Gasteiger charge is 2.37. The highest BCUT2D eigenvalue weighted by Crippen LogP contribution is 2.38. The lowest BCUT2D eigenvalue weighted by atomic mass is 10.1. The molecular weight excluding hydrogens is 356 g/mol. The van der Waals surface area contributed by atoms with Crippen LogP contribution in [0.2, 0.25) is 18.1 Å². The number of benzene rings is 1. The van der Waals surface area contributed by atoms with Gasteiger partial charge in [0.1, 0.15) is 5.82 Å². The Balaban J connectivity index is 1.76. The van der Waals surface area contributed by atoms with Crippen molar-refractivity contribution in [3.8, 4) is 0 Å². The van der Waals surface area contributed by atoms with Gasteiger partial charge < -0.3 is 20.8 Å². The van der Waals surface area contributed by atoms with Crippen LogP contribution in [-0.4, -0.2) is 19.2 Å². The van der Waals surface area contributed by atoms with E-state index in [-0.39, 0.29) is 10.9 Å². The molecule has 0 spiro atoms. The average Bonchev–Trinajstić information content (AvgIpc) is 2.94. The number of hydrogen-bond donors (Lipinski definition) is 3. The summed E-state index contributed by atoms with van der Waals surface area (Å²) < 4.78 is 6.31. The zero-order chi connectivity index (χ0) is 19.8. The number of pyridine rings is 1. The third-order valence-electron chi connectivity index (χ3n) is 5.45. The van der Waals surface area contributed by atoms with Gasteiger partial charge in [0, 0.05) is 11.1 Å². The zero-order valence-electron chi connectivity index (χ0n) is 16.6. The summed E-state index contributed by atoms with van der Waals surface area (Å²) in [5, 5.41) is 6.20. The number of carbonyl (C=O) groups is 1. The fourth-order valence-electron chi connectivity index (χ4n) is 2.65. The van der Waals surface area contributed by atoms with Crippen molar-refractivity contribution in [1.29, 1.82) is 0 Å². The Morgan fingerprint density at radius 1 is 1.33 bits per heavy atom. The molecule has 1 aliphatic rings. The van der Waals surface area contributed by atoms with Crippen LogP contribution in [-0.2, 0) is 22.2 Å². The van der Waals surface area contributed by atoms with E-state index in [1.807, 2.05) is 24.3 Å². The number of rotatable bonds is 5. The molecule has 27 heavy (non-hydrogen) atoms. The van der Waals surface area contributed by atoms with Gasteiger partial charge in [0.2, 0.25) is 5.91 Å². The smallest absolute Gasteiger partial charge is 0.230 e. The first-order valence-corrected chi connectivity index (χ1v) is 12.0. The fourth-order valence-corrected chi connectivity index (χ4v) is 3.60. The highest BCUT2D eigenvalue weighted by atomic mass is 28.4. The minimum absolute atomic E-state index is 0.0288. The highest BCUT2D eigenvalue weighted by molar-refractivity contribution is 6.74. The van der Waals surface area contributed by atoms with Crippen molar-refractivity contribution in [2.75, 3.05) is 16.4 Å². The van der Waals surface area contributed by atoms with Crippen molar-refractivity contribution in [3.05, 3.63) is 41.6 Å². The van der Waals surface area contributed by atoms with Crippen molar-refractivity contribution < 1.29 is 9.22 Å². The zero-order valence-corrected chi connectivity index (χ0v) is 17.6. The molecule has 7 heteroatoms. The van der Waals surface area contributed by atoms with E-state index in [1.54, 1.807) is 6.20 Å². The normalized spacial score (nSPS) is 14.0. The quantitative estimate of drug-likeness (QED) is 0.524. The number of nitrogens with two attached hydrogens (primary N) is 1. The van der Waals surface area contributed by atoms with Crippen LogP contribution in [0.4, 0.5) is 22.9 Å². The van der Waals surface area contributed by atoms with E-state index in [4.69, 9.17) is 10.2 Å². The summed E-state index contributed by atoms with van der Waals surface area (Å²) >= 11 is 0. The number of para-hydroxylation sites is 1. The van der Waals surface area contributed by atoms with E-state index >= 15 is 0 Å². The van der Waals surface area contributed by atoms with Gasteiger partial charge >= 0.3 is 0 Å². The molecule has 1 amide bonds. The first-order chi connectivity index (χ1) is 12.6. The molecule has 0 atom stereocenters. The second-order valence-electron chi connectivity index (χ2n) is 8.51. The summed E-state index contributed by atoms with van der Waals surface area (Å²) in [6.45, 7) is 11.6. The summed E-state index contributed by atoms with van der Waals surface area (Å²) in [5.41, 5.74) is 10.5. The van der Waals surface area contributed by atoms with E-state index in [2.05, 4.69) is 49.5 Å². The van der Waals surface area contributed by atoms with Crippen LogP contribution in [0, 0.1) is 0 Å². The van der Waals surface area contributed by atoms with Crippen molar-refractivity contribution in [2.24, 2.45) is 0 Å². The molecule has 6 nitrogen and oxygen atoms in total. The Morgan fingerprint density at radius 3 is 2.78 bits per heavy atom. The lowest BCUT2D eigenvalue weighted by molar-refractivity contribution is -0.115. The number of aromatic nitrogens is 1. The van der Waals surface area contributed by atoms with Crippen molar-refractivity contribution in [3.63, 3.8) is 0 Å². The molecule has 0 radical (unpaired) electrons. The molecule has 4 N–H and O–H groups in total. The Morgan fingerprint density at radius 2 is 2.07 bits per heavy atom. The van der Waals surface area contributed by atoms with Gasteiger partial charge in [-0.1, -0.05) is 32.9 Å². The number of nitrogens with one attached hydrogen (secondary N) is 2. The predicted octanol–water partition coefficient (Wildman–Crippen LogP) is 4.42. The molecule has 144 valence electrons. The summed E-state index contributed by atoms with van der Waals surface area (Å²) in [6.07, 6.45) is 2.05. The largest absolute Gasteiger partial charge is 0.412 e. The first-order valence-electron chi connectivity index (χ1n) is 9.14. The number of anilines is 4. The lowest BCUT2D eigenvalue weighted by Gasteiger charge is -2.36. The summed E-state index contributed by atoms with van der Waals surface area (Å²) in [5.74, 6) is 0.606. The van der Waals surface area contributed by atoms with Gasteiger partial charge in [-0.2, -0.15) is 0 Å². The maximum absolute atomic E-state index is 11.5. The SMILES string of the molecule is CC(C)(C)[Si](C)(C)OCc1cccc(Nc2cnc3c(c2)CC(=O)N3)c1N. The Bertz CT molecular complexity index is 875. The monoisotopic (exact) mass is 384 g/mol. The van der Waals surface area contributed by atoms with Gasteiger partial charge in [0.05, 0.1) is 36.3 Å². The number of hydrogen-bond acceptors (Lipinski definition) is 5. The topological polar surface area (TPSA) is 89.3 Å². The standard InChI is InChI=1S/C20H28N4O2Si/c1-20(2,3)27(4,5)26-12-13-7-6-8-16(18(13)21)23-15-9-14-10-17(25)24-19(14)22-11-15/h6-9,11,23H,10,12,21H2,1-5H3,(H,22,24,25). The van der Waals surface area contributed by atoms with Crippen LogP contribution in [0.25, 0.3) is 0 Å². The van der Waals surface area contributed by atoms with Gasteiger partial charge in [-0.3, -0.25) is 4.79 Å². The molecule has 0 unspecified atom stereocenters. The van der Waals surface area contributed by atoms with Crippen LogP contribution in [0.5, 0.6) is 0 Å². The molecule has 0 bridgehead atoms. The van der Waals surface area contributed by atoms with Gasteiger partial charge in [0.15, 0.2) is 8.32 Å². The molecule has 0 saturated carbocycles. The number of nitrogen functional groups attached to an aromatic ring is 1. The Kier molecular flexibility index (Phi) is 5.01. The average molecular weight is 385 g/mol. The van der Waals surface area contributed by atoms with Crippen LogP contribution in [0.3, 0.4) is 0 Å². The predicted molar refractivity (Wildman–Crippen MR) is 113 cm³/mol. The summed E-state index contributed by atoms with van der Waals surface area (Å²) in [6, 6.07) is 7.83. The maximum Gasteiger partial charge on any atom is 0.230 e. The van der Waals surface area contributed by atoms with E-state index in [1.165, 1.54) is 0 Å². The van der Waals surface area contributed by atoms with Gasteiger partial charge in [-0.05, 0) is 30.3 Å². The lowest BCUT2D eigenvalue weighted by Crippen LogP contribution is -2.40. The Labute approximate surface area is 161 Å². The van der Waals surface area contributed by atoms with Crippen LogP contribution >= 0.6 is 0 Å². The Hall–Kier alpha value is -2.38. The molecule has 2 aromatic rings. The molecule has 2 heterocycles. The summed E-state index contributed by atoms with van der Waals surface area (Å²) in [7, 11) is -1.85. The van der Waals surface area contributed by atoms with Crippen molar-refractivity contribution >= 4 is 37.1 Å². The number of carbonyl (C=O) groups excluding carboxylic acids is 1. The number of amides is 1. The van der Waals surface area contributed by atoms with Crippen molar-refractivity contribution in [1.82, 2.24) is 4.98 Å². The van der Waals surface area contributed by atoms with Crippen LogP contribution < -0.4 is 16.4 Å². The van der Waals surface area contributed by atoms with E-state index in [0.717, 1.165) is 22.5 Å². The van der Waals surface area contributed by atoms with E-state index in [0.29, 0.717) is 24.5 Å². The molecule has 0 aliphatic carbocycles. The van der Waals surface area contributed by atoms with E-state index < -0.39 is 8.32 Å². The second kappa shape index (κ2) is 6.98. The van der Waals surface area contributed by atoms with Crippen molar-refractivity contribution in [2.45, 2.75) is 51.9 Å². The second-order valence-corrected chi connectivity index (χ2v) is 13.3. The fraction of sp³-hybridized carbons (Fsp3) is 0.400. The molecule has 1 aliphatic heterocycles. The first kappa shape index (κ1) is 19.4. The molecule has 0 fully saturated rings. The van der Waals surface area contributed by atoms with E-state index in [9.17, 15) is 4.79 Å². The van der Waals surface area contributed by atoms with Gasteiger partial charge in [0.25, 0.3) is 0 Å². The third-order valence-corrected chi connectivity index (χ3v) is 9.92. The molecule has 1 aromatic heterocycles. The maximum atomic E-state index is 11.5. The number of nitrogens with zero attached hydrogens (tertiary/aromatic N) is 1. The molecular formula is C20H28N4O2Si. The van der Waals surface area contributed by atoms with Gasteiger partial charge in [-0.15, -0.1) is 0 Å². The minimum Gasteiger partial charge on any atom is -0.412 e. The number of fused-ring (bicyclic) bond motifs is 1.